The molecular weight excluding hydrogens is 499 g/mol. The number of amides is 3. The first-order valence-corrected chi connectivity index (χ1v) is 14.0. The van der Waals surface area contributed by atoms with Gasteiger partial charge in [0.1, 0.15) is 11.9 Å². The number of rotatable bonds is 6. The number of piperidine rings is 1. The Balaban J connectivity index is 0.000000787. The zero-order valence-electron chi connectivity index (χ0n) is 23.5. The standard InChI is InChI=1S/C25H27FN4O4.C3H8.C2H6/c26-20-12-16(14-29-8-10-34-11-9-29)4-5-17(20)13-27-21-3-1-2-18-19(21)15-30(25(18)33)22-6-7-23(31)28-24(22)32;1-3-2;1-2/h1-5,12,22,27H,6-11,13-15H2,(H,28,31,32);3H2,1-2H3;1-2H3. The Bertz CT molecular complexity index is 1150. The van der Waals surface area contributed by atoms with Gasteiger partial charge in [-0.25, -0.2) is 4.39 Å². The third kappa shape index (κ3) is 7.64. The van der Waals surface area contributed by atoms with E-state index in [1.165, 1.54) is 11.3 Å². The first kappa shape index (κ1) is 30.2. The van der Waals surface area contributed by atoms with E-state index < -0.39 is 11.9 Å². The van der Waals surface area contributed by atoms with E-state index >= 15 is 0 Å². The second-order valence-corrected chi connectivity index (χ2v) is 9.61. The molecule has 3 aliphatic rings. The Morgan fingerprint density at radius 1 is 1.08 bits per heavy atom. The van der Waals surface area contributed by atoms with E-state index in [0.29, 0.717) is 37.3 Å². The van der Waals surface area contributed by atoms with E-state index in [1.807, 2.05) is 26.0 Å². The van der Waals surface area contributed by atoms with Gasteiger partial charge in [0.05, 0.1) is 13.2 Å². The fraction of sp³-hybridized carbons (Fsp3) is 0.500. The molecule has 2 saturated heterocycles. The normalized spacial score (nSPS) is 18.8. The molecule has 2 aromatic rings. The highest BCUT2D eigenvalue weighted by Crippen LogP contribution is 2.32. The van der Waals surface area contributed by atoms with Crippen molar-refractivity contribution in [1.29, 1.82) is 0 Å². The number of ether oxygens (including phenoxy) is 1. The van der Waals surface area contributed by atoms with Crippen LogP contribution >= 0.6 is 0 Å². The average molecular weight is 541 g/mol. The van der Waals surface area contributed by atoms with Crippen LogP contribution in [0, 0.1) is 5.82 Å². The molecule has 3 aliphatic heterocycles. The molecule has 0 spiro atoms. The minimum absolute atomic E-state index is 0.211. The Labute approximate surface area is 230 Å². The topological polar surface area (TPSA) is 91.0 Å². The fourth-order valence-electron chi connectivity index (χ4n) is 4.79. The number of imide groups is 1. The molecule has 2 aromatic carbocycles. The van der Waals surface area contributed by atoms with Crippen molar-refractivity contribution in [2.45, 2.75) is 72.6 Å². The van der Waals surface area contributed by atoms with Crippen LogP contribution in [0.25, 0.3) is 0 Å². The van der Waals surface area contributed by atoms with Gasteiger partial charge in [0.15, 0.2) is 0 Å². The highest BCUT2D eigenvalue weighted by Gasteiger charge is 2.39. The van der Waals surface area contributed by atoms with E-state index in [2.05, 4.69) is 29.4 Å². The maximum Gasteiger partial charge on any atom is 0.255 e. The maximum absolute atomic E-state index is 14.8. The number of hydrogen-bond donors (Lipinski definition) is 2. The van der Waals surface area contributed by atoms with E-state index in [9.17, 15) is 18.8 Å². The van der Waals surface area contributed by atoms with Gasteiger partial charge in [0.2, 0.25) is 11.8 Å². The summed E-state index contributed by atoms with van der Waals surface area (Å²) in [6, 6.07) is 10.0. The number of carbonyl (C=O) groups excluding carboxylic acids is 3. The lowest BCUT2D eigenvalue weighted by Crippen LogP contribution is -2.52. The molecule has 8 nitrogen and oxygen atoms in total. The molecule has 212 valence electrons. The van der Waals surface area contributed by atoms with Gasteiger partial charge in [-0.2, -0.15) is 0 Å². The summed E-state index contributed by atoms with van der Waals surface area (Å²) in [6.45, 7) is 12.6. The molecule has 2 N–H and O–H groups in total. The lowest BCUT2D eigenvalue weighted by atomic mass is 10.0. The zero-order chi connectivity index (χ0) is 28.4. The third-order valence-electron chi connectivity index (χ3n) is 6.68. The van der Waals surface area contributed by atoms with Gasteiger partial charge in [0, 0.05) is 61.5 Å². The van der Waals surface area contributed by atoms with Crippen molar-refractivity contribution in [2.24, 2.45) is 0 Å². The summed E-state index contributed by atoms with van der Waals surface area (Å²) >= 11 is 0. The van der Waals surface area contributed by atoms with Crippen LogP contribution in [0.3, 0.4) is 0 Å². The summed E-state index contributed by atoms with van der Waals surface area (Å²) in [7, 11) is 0. The molecule has 9 heteroatoms. The molecule has 1 unspecified atom stereocenters. The van der Waals surface area contributed by atoms with E-state index in [-0.39, 0.29) is 37.1 Å². The molecule has 5 rings (SSSR count). The third-order valence-corrected chi connectivity index (χ3v) is 6.68. The number of benzene rings is 2. The fourth-order valence-corrected chi connectivity index (χ4v) is 4.79. The highest BCUT2D eigenvalue weighted by molar-refractivity contribution is 6.06. The van der Waals surface area contributed by atoms with Crippen molar-refractivity contribution in [1.82, 2.24) is 15.1 Å². The number of anilines is 1. The predicted octanol–water partition coefficient (Wildman–Crippen LogP) is 4.47. The van der Waals surface area contributed by atoms with Crippen LogP contribution in [-0.4, -0.2) is 59.9 Å². The lowest BCUT2D eigenvalue weighted by molar-refractivity contribution is -0.136. The van der Waals surface area contributed by atoms with Gasteiger partial charge in [-0.1, -0.05) is 52.3 Å². The summed E-state index contributed by atoms with van der Waals surface area (Å²) in [4.78, 5) is 40.5. The van der Waals surface area contributed by atoms with Crippen LogP contribution in [0.15, 0.2) is 36.4 Å². The predicted molar refractivity (Wildman–Crippen MR) is 150 cm³/mol. The second-order valence-electron chi connectivity index (χ2n) is 9.61. The van der Waals surface area contributed by atoms with Crippen LogP contribution in [0.2, 0.25) is 0 Å². The maximum atomic E-state index is 14.8. The van der Waals surface area contributed by atoms with E-state index in [1.54, 1.807) is 24.3 Å². The lowest BCUT2D eigenvalue weighted by Gasteiger charge is -2.29. The van der Waals surface area contributed by atoms with Gasteiger partial charge >= 0.3 is 0 Å². The molecule has 3 amide bonds. The van der Waals surface area contributed by atoms with Crippen LogP contribution < -0.4 is 10.6 Å². The molecular formula is C30H41FN4O4. The Morgan fingerprint density at radius 2 is 1.79 bits per heavy atom. The van der Waals surface area contributed by atoms with E-state index in [4.69, 9.17) is 4.74 Å². The quantitative estimate of drug-likeness (QED) is 0.526. The number of morpholine rings is 1. The van der Waals surface area contributed by atoms with Crippen LogP contribution in [-0.2, 0) is 34.0 Å². The molecule has 0 aromatic heterocycles. The molecule has 2 fully saturated rings. The van der Waals surface area contributed by atoms with Crippen molar-refractivity contribution >= 4 is 23.4 Å². The van der Waals surface area contributed by atoms with Gasteiger partial charge in [0.25, 0.3) is 5.91 Å². The van der Waals surface area contributed by atoms with Gasteiger partial charge < -0.3 is 15.0 Å². The van der Waals surface area contributed by atoms with Crippen molar-refractivity contribution in [3.63, 3.8) is 0 Å². The summed E-state index contributed by atoms with van der Waals surface area (Å²) in [5, 5.41) is 5.58. The van der Waals surface area contributed by atoms with E-state index in [0.717, 1.165) is 29.9 Å². The molecule has 0 bridgehead atoms. The van der Waals surface area contributed by atoms with Crippen molar-refractivity contribution in [3.8, 4) is 0 Å². The van der Waals surface area contributed by atoms with Gasteiger partial charge in [-0.05, 0) is 30.2 Å². The summed E-state index contributed by atoms with van der Waals surface area (Å²) in [6.07, 6.45) is 1.78. The Morgan fingerprint density at radius 3 is 2.46 bits per heavy atom. The van der Waals surface area contributed by atoms with Gasteiger partial charge in [-0.3, -0.25) is 24.6 Å². The number of nitrogens with zero attached hydrogens (tertiary/aromatic N) is 2. The Kier molecular flexibility index (Phi) is 11.4. The molecule has 1 atom stereocenters. The van der Waals surface area contributed by atoms with Gasteiger partial charge in [-0.15, -0.1) is 0 Å². The largest absolute Gasteiger partial charge is 0.381 e. The summed E-state index contributed by atoms with van der Waals surface area (Å²) in [5.41, 5.74) is 3.50. The molecule has 0 saturated carbocycles. The van der Waals surface area contributed by atoms with Crippen molar-refractivity contribution in [2.75, 3.05) is 31.6 Å². The van der Waals surface area contributed by atoms with Crippen LogP contribution in [0.5, 0.6) is 0 Å². The minimum Gasteiger partial charge on any atom is -0.381 e. The minimum atomic E-state index is -0.665. The SMILES string of the molecule is CC.CCC.O=C1CCC(N2Cc3c(NCc4ccc(CN5CCOCC5)cc4F)cccc3C2=O)C(=O)N1. The molecule has 3 heterocycles. The van der Waals surface area contributed by atoms with Crippen LogP contribution in [0.1, 0.15) is 74.0 Å². The molecule has 39 heavy (non-hydrogen) atoms. The van der Waals surface area contributed by atoms with Crippen LogP contribution in [0.4, 0.5) is 10.1 Å². The number of fused-ring (bicyclic) bond motifs is 1. The summed E-state index contributed by atoms with van der Waals surface area (Å²) < 4.78 is 20.2. The van der Waals surface area contributed by atoms with Crippen molar-refractivity contribution < 1.29 is 23.5 Å². The first-order chi connectivity index (χ1) is 18.9. The number of carbonyl (C=O) groups is 3. The second kappa shape index (κ2) is 14.7. The highest BCUT2D eigenvalue weighted by atomic mass is 19.1. The smallest absolute Gasteiger partial charge is 0.255 e. The number of hydrogen-bond acceptors (Lipinski definition) is 6. The first-order valence-electron chi connectivity index (χ1n) is 14.0. The number of halogens is 1. The molecule has 0 aliphatic carbocycles. The Hall–Kier alpha value is -3.30. The summed E-state index contributed by atoms with van der Waals surface area (Å²) in [5.74, 6) is -1.25. The zero-order valence-corrected chi connectivity index (χ0v) is 23.5. The number of nitrogens with one attached hydrogen (secondary N) is 2. The molecule has 0 radical (unpaired) electrons. The monoisotopic (exact) mass is 540 g/mol. The average Bonchev–Trinajstić information content (AvgIpc) is 3.27. The van der Waals surface area contributed by atoms with Crippen molar-refractivity contribution in [3.05, 3.63) is 64.5 Å².